The highest BCUT2D eigenvalue weighted by Crippen LogP contribution is 2.00. The summed E-state index contributed by atoms with van der Waals surface area (Å²) in [5.74, 6) is -1.11. The largest absolute Gasteiger partial charge is 0.544 e. The molecular formula is C10H21NO4. The Morgan fingerprint density at radius 1 is 1.53 bits per heavy atom. The highest BCUT2D eigenvalue weighted by atomic mass is 16.5. The van der Waals surface area contributed by atoms with Gasteiger partial charge in [-0.2, -0.15) is 0 Å². The Morgan fingerprint density at radius 2 is 2.13 bits per heavy atom. The lowest BCUT2D eigenvalue weighted by Gasteiger charge is -2.31. The van der Waals surface area contributed by atoms with E-state index < -0.39 is 12.1 Å². The predicted octanol–water partition coefficient (Wildman–Crippen LogP) is -1.40. The lowest BCUT2D eigenvalue weighted by Crippen LogP contribution is -2.52. The van der Waals surface area contributed by atoms with Gasteiger partial charge in [0.2, 0.25) is 0 Å². The maximum Gasteiger partial charge on any atom is 0.126 e. The minimum Gasteiger partial charge on any atom is -0.544 e. The summed E-state index contributed by atoms with van der Waals surface area (Å²) in [6, 6.07) is 0. The van der Waals surface area contributed by atoms with Crippen LogP contribution in [0.15, 0.2) is 0 Å². The van der Waals surface area contributed by atoms with Gasteiger partial charge in [-0.25, -0.2) is 0 Å². The first kappa shape index (κ1) is 14.3. The van der Waals surface area contributed by atoms with Crippen molar-refractivity contribution < 1.29 is 24.2 Å². The Balaban J connectivity index is 3.82. The molecule has 15 heavy (non-hydrogen) atoms. The Labute approximate surface area is 90.9 Å². The van der Waals surface area contributed by atoms with Crippen LogP contribution in [0.1, 0.15) is 13.3 Å². The van der Waals surface area contributed by atoms with Crippen LogP contribution in [-0.4, -0.2) is 62.1 Å². The number of carbonyl (C=O) groups is 1. The van der Waals surface area contributed by atoms with Gasteiger partial charge in [-0.05, 0) is 6.42 Å². The van der Waals surface area contributed by atoms with E-state index in [9.17, 15) is 15.0 Å². The molecule has 0 aromatic rings. The third-order valence-corrected chi connectivity index (χ3v) is 1.92. The minimum absolute atomic E-state index is 0.106. The smallest absolute Gasteiger partial charge is 0.126 e. The number of hydrogen-bond acceptors (Lipinski definition) is 4. The molecule has 0 amide bonds. The molecule has 0 spiro atoms. The zero-order valence-corrected chi connectivity index (χ0v) is 9.73. The molecule has 5 nitrogen and oxygen atoms in total. The Morgan fingerprint density at radius 3 is 2.60 bits per heavy atom. The van der Waals surface area contributed by atoms with Crippen LogP contribution in [-0.2, 0) is 9.53 Å². The molecule has 1 atom stereocenters. The van der Waals surface area contributed by atoms with Gasteiger partial charge in [-0.3, -0.25) is 0 Å². The average Bonchev–Trinajstić information content (AvgIpc) is 2.00. The number of carboxylic acids is 1. The molecule has 1 N–H and O–H groups in total. The zero-order chi connectivity index (χ0) is 11.9. The molecule has 5 heteroatoms. The number of ether oxygens (including phenoxy) is 1. The van der Waals surface area contributed by atoms with Gasteiger partial charge in [0.05, 0.1) is 26.7 Å². The van der Waals surface area contributed by atoms with Crippen LogP contribution in [0, 0.1) is 0 Å². The number of hydrogen-bond donors (Lipinski definition) is 1. The normalized spacial score (nSPS) is 13.9. The van der Waals surface area contributed by atoms with Crippen LogP contribution in [0.4, 0.5) is 0 Å². The molecule has 0 bridgehead atoms. The van der Waals surface area contributed by atoms with Crippen molar-refractivity contribution in [3.05, 3.63) is 0 Å². The van der Waals surface area contributed by atoms with E-state index in [0.29, 0.717) is 13.2 Å². The molecule has 0 saturated heterocycles. The van der Waals surface area contributed by atoms with Crippen molar-refractivity contribution in [1.82, 2.24) is 0 Å². The molecule has 0 aromatic heterocycles. The fourth-order valence-electron chi connectivity index (χ4n) is 1.40. The topological polar surface area (TPSA) is 69.6 Å². The van der Waals surface area contributed by atoms with Gasteiger partial charge in [0.25, 0.3) is 0 Å². The SMILES string of the molecule is CCCOCC(O)C[N+](C)(C)CC(=O)[O-]. The third kappa shape index (κ3) is 8.35. The van der Waals surface area contributed by atoms with Gasteiger partial charge < -0.3 is 24.2 Å². The predicted molar refractivity (Wildman–Crippen MR) is 54.0 cm³/mol. The standard InChI is InChI=1S/C10H21NO4/c1-4-5-15-8-9(12)6-11(2,3)7-10(13)14/h9,12H,4-8H2,1-3H3. The van der Waals surface area contributed by atoms with Crippen LogP contribution in [0.25, 0.3) is 0 Å². The molecule has 0 aromatic carbocycles. The molecule has 0 saturated carbocycles. The molecule has 90 valence electrons. The Hall–Kier alpha value is -0.650. The van der Waals surface area contributed by atoms with Crippen molar-refractivity contribution in [2.45, 2.75) is 19.4 Å². The first-order valence-corrected chi connectivity index (χ1v) is 5.15. The second-order valence-electron chi connectivity index (χ2n) is 4.38. The number of aliphatic carboxylic acids is 1. The quantitative estimate of drug-likeness (QED) is 0.403. The van der Waals surface area contributed by atoms with Crippen LogP contribution >= 0.6 is 0 Å². The highest BCUT2D eigenvalue weighted by Gasteiger charge is 2.20. The van der Waals surface area contributed by atoms with Crippen LogP contribution in [0.5, 0.6) is 0 Å². The second kappa shape index (κ2) is 6.76. The number of likely N-dealkylation sites (N-methyl/N-ethyl adjacent to an activating group) is 1. The number of nitrogens with zero attached hydrogens (tertiary/aromatic N) is 1. The van der Waals surface area contributed by atoms with Gasteiger partial charge in [0.15, 0.2) is 0 Å². The van der Waals surface area contributed by atoms with Crippen molar-refractivity contribution in [1.29, 1.82) is 0 Å². The fourth-order valence-corrected chi connectivity index (χ4v) is 1.40. The second-order valence-corrected chi connectivity index (χ2v) is 4.38. The summed E-state index contributed by atoms with van der Waals surface area (Å²) >= 11 is 0. The van der Waals surface area contributed by atoms with Crippen LogP contribution in [0.3, 0.4) is 0 Å². The van der Waals surface area contributed by atoms with E-state index in [4.69, 9.17) is 4.74 Å². The van der Waals surface area contributed by atoms with Gasteiger partial charge >= 0.3 is 0 Å². The Bertz CT molecular complexity index is 194. The average molecular weight is 219 g/mol. The van der Waals surface area contributed by atoms with E-state index in [2.05, 4.69) is 0 Å². The number of carboxylic acid groups (broad SMARTS) is 1. The van der Waals surface area contributed by atoms with E-state index in [0.717, 1.165) is 6.42 Å². The summed E-state index contributed by atoms with van der Waals surface area (Å²) in [5, 5.41) is 20.0. The van der Waals surface area contributed by atoms with E-state index in [1.807, 2.05) is 6.92 Å². The van der Waals surface area contributed by atoms with Gasteiger partial charge in [-0.1, -0.05) is 6.92 Å². The lowest BCUT2D eigenvalue weighted by atomic mass is 10.3. The monoisotopic (exact) mass is 219 g/mol. The third-order valence-electron chi connectivity index (χ3n) is 1.92. The number of aliphatic hydroxyl groups excluding tert-OH is 1. The summed E-state index contributed by atoms with van der Waals surface area (Å²) in [7, 11) is 3.47. The summed E-state index contributed by atoms with van der Waals surface area (Å²) < 4.78 is 5.37. The van der Waals surface area contributed by atoms with Crippen molar-refractivity contribution >= 4 is 5.97 Å². The minimum atomic E-state index is -1.11. The number of quaternary nitrogens is 1. The van der Waals surface area contributed by atoms with Gasteiger partial charge in [0, 0.05) is 6.61 Å². The lowest BCUT2D eigenvalue weighted by molar-refractivity contribution is -0.887. The highest BCUT2D eigenvalue weighted by molar-refractivity contribution is 5.65. The van der Waals surface area contributed by atoms with Gasteiger partial charge in [0.1, 0.15) is 19.2 Å². The fraction of sp³-hybridized carbons (Fsp3) is 0.900. The number of carbonyl (C=O) groups excluding carboxylic acids is 1. The molecule has 1 unspecified atom stereocenters. The van der Waals surface area contributed by atoms with E-state index in [-0.39, 0.29) is 17.6 Å². The first-order valence-electron chi connectivity index (χ1n) is 5.15. The number of aliphatic hydroxyl groups is 1. The summed E-state index contributed by atoms with van der Waals surface area (Å²) in [6.07, 6.45) is 0.273. The number of rotatable bonds is 8. The maximum absolute atomic E-state index is 10.4. The molecule has 0 radical (unpaired) electrons. The van der Waals surface area contributed by atoms with E-state index >= 15 is 0 Å². The summed E-state index contributed by atoms with van der Waals surface area (Å²) in [6.45, 7) is 3.10. The molecule has 0 fully saturated rings. The van der Waals surface area contributed by atoms with Crippen LogP contribution < -0.4 is 5.11 Å². The van der Waals surface area contributed by atoms with E-state index in [1.54, 1.807) is 14.1 Å². The van der Waals surface area contributed by atoms with Gasteiger partial charge in [-0.15, -0.1) is 0 Å². The Kier molecular flexibility index (Phi) is 6.47. The summed E-state index contributed by atoms with van der Waals surface area (Å²) in [4.78, 5) is 10.4. The molecule has 0 rings (SSSR count). The first-order chi connectivity index (χ1) is 6.87. The molecule has 0 aliphatic heterocycles. The molecule has 0 aliphatic carbocycles. The maximum atomic E-state index is 10.4. The van der Waals surface area contributed by atoms with Crippen molar-refractivity contribution in [3.63, 3.8) is 0 Å². The van der Waals surface area contributed by atoms with Crippen LogP contribution in [0.2, 0.25) is 0 Å². The molecule has 0 aliphatic rings. The van der Waals surface area contributed by atoms with Crippen molar-refractivity contribution in [2.24, 2.45) is 0 Å². The van der Waals surface area contributed by atoms with E-state index in [1.165, 1.54) is 0 Å². The van der Waals surface area contributed by atoms with Crippen molar-refractivity contribution in [3.8, 4) is 0 Å². The molecule has 0 heterocycles. The molecular weight excluding hydrogens is 198 g/mol. The summed E-state index contributed by atoms with van der Waals surface area (Å²) in [5.41, 5.74) is 0. The zero-order valence-electron chi connectivity index (χ0n) is 9.73. The van der Waals surface area contributed by atoms with Crippen molar-refractivity contribution in [2.75, 3.05) is 40.4 Å².